The molecule has 2 atom stereocenters. The summed E-state index contributed by atoms with van der Waals surface area (Å²) in [5.41, 5.74) is 7.37. The van der Waals surface area contributed by atoms with E-state index in [2.05, 4.69) is 44.3 Å². The fraction of sp³-hybridized carbons (Fsp3) is 0.292. The predicted octanol–water partition coefficient (Wildman–Crippen LogP) is 2.26. The number of carbonyl (C=O) groups excluding carboxylic acids is 2. The minimum atomic E-state index is -0.623. The van der Waals surface area contributed by atoms with Crippen molar-refractivity contribution < 1.29 is 14.0 Å². The first kappa shape index (κ1) is 22.7. The molecule has 0 aromatic carbocycles. The number of hydrogen-bond donors (Lipinski definition) is 3. The lowest BCUT2D eigenvalue weighted by atomic mass is 10.1. The molecule has 5 rings (SSSR count). The summed E-state index contributed by atoms with van der Waals surface area (Å²) in [6.07, 6.45) is 6.05. The molecule has 1 saturated heterocycles. The zero-order chi connectivity index (χ0) is 24.9. The third kappa shape index (κ3) is 4.26. The van der Waals surface area contributed by atoms with Crippen LogP contribution in [0.5, 0.6) is 0 Å². The molecule has 0 saturated carbocycles. The highest BCUT2D eigenvalue weighted by atomic mass is 19.1. The van der Waals surface area contributed by atoms with E-state index in [-0.39, 0.29) is 34.5 Å². The first-order valence-corrected chi connectivity index (χ1v) is 11.3. The molecule has 0 bridgehead atoms. The number of piperazine rings is 1. The van der Waals surface area contributed by atoms with Gasteiger partial charge in [0, 0.05) is 61.4 Å². The largest absolute Gasteiger partial charge is 0.366 e. The Hall–Kier alpha value is -4.12. The average molecular weight is 477 g/mol. The molecule has 1 aliphatic heterocycles. The average Bonchev–Trinajstić information content (AvgIpc) is 3.18. The van der Waals surface area contributed by atoms with Crippen LogP contribution in [0, 0.1) is 12.7 Å². The highest BCUT2D eigenvalue weighted by molar-refractivity contribution is 6.13. The van der Waals surface area contributed by atoms with Gasteiger partial charge in [-0.15, -0.1) is 0 Å². The summed E-state index contributed by atoms with van der Waals surface area (Å²) in [6, 6.07) is 3.28. The first-order chi connectivity index (χ1) is 16.7. The molecule has 4 aromatic rings. The molecule has 1 aliphatic rings. The van der Waals surface area contributed by atoms with Gasteiger partial charge in [-0.3, -0.25) is 14.6 Å². The fourth-order valence-electron chi connectivity index (χ4n) is 4.61. The summed E-state index contributed by atoms with van der Waals surface area (Å²) in [6.45, 7) is 7.32. The van der Waals surface area contributed by atoms with Crippen molar-refractivity contribution in [2.24, 2.45) is 5.73 Å². The first-order valence-electron chi connectivity index (χ1n) is 11.3. The van der Waals surface area contributed by atoms with Gasteiger partial charge in [0.25, 0.3) is 5.91 Å². The van der Waals surface area contributed by atoms with E-state index >= 15 is 0 Å². The van der Waals surface area contributed by atoms with E-state index in [0.717, 1.165) is 0 Å². The number of nitrogens with one attached hydrogen (secondary N) is 2. The number of fused-ring (bicyclic) bond motifs is 2. The molecular formula is C24H25FN8O2. The summed E-state index contributed by atoms with van der Waals surface area (Å²) in [5, 5.41) is 6.74. The normalized spacial score (nSPS) is 18.2. The highest BCUT2D eigenvalue weighted by Gasteiger charge is 2.26. The van der Waals surface area contributed by atoms with Crippen LogP contribution >= 0.6 is 0 Å². The number of primary amides is 1. The number of imidazole rings is 1. The maximum atomic E-state index is 14.5. The van der Waals surface area contributed by atoms with E-state index in [9.17, 15) is 14.0 Å². The van der Waals surface area contributed by atoms with Gasteiger partial charge in [0.05, 0.1) is 28.0 Å². The molecule has 35 heavy (non-hydrogen) atoms. The van der Waals surface area contributed by atoms with Crippen LogP contribution in [0.2, 0.25) is 0 Å². The third-order valence-corrected chi connectivity index (χ3v) is 5.97. The molecule has 1 fully saturated rings. The van der Waals surface area contributed by atoms with Crippen molar-refractivity contribution in [1.29, 1.82) is 0 Å². The summed E-state index contributed by atoms with van der Waals surface area (Å²) < 4.78 is 16.0. The second-order valence-corrected chi connectivity index (χ2v) is 9.00. The molecule has 2 amide bonds. The smallest absolute Gasteiger partial charge is 0.259 e. The van der Waals surface area contributed by atoms with E-state index in [1.54, 1.807) is 25.4 Å². The monoisotopic (exact) mass is 476 g/mol. The van der Waals surface area contributed by atoms with Gasteiger partial charge < -0.3 is 25.7 Å². The van der Waals surface area contributed by atoms with Gasteiger partial charge in [-0.05, 0) is 26.8 Å². The molecule has 0 spiro atoms. The maximum Gasteiger partial charge on any atom is 0.259 e. The van der Waals surface area contributed by atoms with Crippen LogP contribution in [0.4, 0.5) is 15.9 Å². The van der Waals surface area contributed by atoms with E-state index in [1.807, 2.05) is 0 Å². The Balaban J connectivity index is 1.56. The molecule has 11 heteroatoms. The van der Waals surface area contributed by atoms with Gasteiger partial charge in [0.15, 0.2) is 11.5 Å². The number of anilines is 2. The zero-order valence-corrected chi connectivity index (χ0v) is 19.5. The number of amides is 2. The van der Waals surface area contributed by atoms with Crippen molar-refractivity contribution in [3.63, 3.8) is 0 Å². The number of aryl methyl sites for hydroxylation is 1. The Morgan fingerprint density at radius 3 is 2.60 bits per heavy atom. The lowest BCUT2D eigenvalue weighted by Gasteiger charge is -2.37. The number of hydrogen-bond acceptors (Lipinski definition) is 7. The SMILES string of the molecule is Cc1cn2cc(NC(=O)c3cnc(N4CC(C)NC(C)C4)c4cc(C(N)=O)cnc34)cc(F)c2n1. The summed E-state index contributed by atoms with van der Waals surface area (Å²) in [7, 11) is 0. The van der Waals surface area contributed by atoms with E-state index in [0.29, 0.717) is 35.5 Å². The molecule has 180 valence electrons. The molecular weight excluding hydrogens is 451 g/mol. The van der Waals surface area contributed by atoms with Crippen molar-refractivity contribution in [3.05, 3.63) is 59.6 Å². The highest BCUT2D eigenvalue weighted by Crippen LogP contribution is 2.29. The van der Waals surface area contributed by atoms with Gasteiger partial charge in [0.1, 0.15) is 5.82 Å². The summed E-state index contributed by atoms with van der Waals surface area (Å²) >= 11 is 0. The van der Waals surface area contributed by atoms with Gasteiger partial charge in [-0.1, -0.05) is 0 Å². The number of nitrogens with two attached hydrogens (primary N) is 1. The van der Waals surface area contributed by atoms with Gasteiger partial charge in [0.2, 0.25) is 5.91 Å². The molecule has 10 nitrogen and oxygen atoms in total. The van der Waals surface area contributed by atoms with Crippen LogP contribution in [0.3, 0.4) is 0 Å². The molecule has 4 aromatic heterocycles. The standard InChI is InChI=1S/C24H25FN8O2/c1-12-8-32(9-13(2)29-12)22-17-4-15(21(26)34)6-27-20(17)18(7-28-22)24(35)31-16-5-19(25)23-30-14(3)10-33(23)11-16/h4-7,10-13,29H,8-9H2,1-3H3,(H2,26,34)(H,31,35). The minimum absolute atomic E-state index is 0.178. The number of rotatable bonds is 4. The Labute approximate surface area is 200 Å². The van der Waals surface area contributed by atoms with Crippen molar-refractivity contribution in [2.45, 2.75) is 32.9 Å². The Morgan fingerprint density at radius 2 is 1.89 bits per heavy atom. The third-order valence-electron chi connectivity index (χ3n) is 5.97. The topological polar surface area (TPSA) is 131 Å². The second kappa shape index (κ2) is 8.58. The molecule has 2 unspecified atom stereocenters. The summed E-state index contributed by atoms with van der Waals surface area (Å²) in [4.78, 5) is 40.3. The molecule has 4 N–H and O–H groups in total. The van der Waals surface area contributed by atoms with Crippen molar-refractivity contribution in [1.82, 2.24) is 24.7 Å². The number of pyridine rings is 3. The molecule has 5 heterocycles. The number of aromatic nitrogens is 4. The Bertz CT molecular complexity index is 1470. The maximum absolute atomic E-state index is 14.5. The van der Waals surface area contributed by atoms with Gasteiger partial charge in [-0.25, -0.2) is 14.4 Å². The lowest BCUT2D eigenvalue weighted by molar-refractivity contribution is 0.0998. The van der Waals surface area contributed by atoms with Crippen LogP contribution in [-0.4, -0.2) is 56.3 Å². The van der Waals surface area contributed by atoms with E-state index < -0.39 is 17.6 Å². The minimum Gasteiger partial charge on any atom is -0.366 e. The van der Waals surface area contributed by atoms with Crippen LogP contribution in [0.1, 0.15) is 40.3 Å². The Kier molecular flexibility index (Phi) is 5.56. The van der Waals surface area contributed by atoms with Crippen LogP contribution in [-0.2, 0) is 0 Å². The van der Waals surface area contributed by atoms with Crippen molar-refractivity contribution in [3.8, 4) is 0 Å². The summed E-state index contributed by atoms with van der Waals surface area (Å²) in [5.74, 6) is -1.07. The van der Waals surface area contributed by atoms with Gasteiger partial charge >= 0.3 is 0 Å². The fourth-order valence-corrected chi connectivity index (χ4v) is 4.61. The quantitative estimate of drug-likeness (QED) is 0.412. The predicted molar refractivity (Wildman–Crippen MR) is 130 cm³/mol. The number of nitrogens with zero attached hydrogens (tertiary/aromatic N) is 5. The van der Waals surface area contributed by atoms with Crippen LogP contribution < -0.4 is 21.3 Å². The van der Waals surface area contributed by atoms with E-state index in [4.69, 9.17) is 5.73 Å². The Morgan fingerprint density at radius 1 is 1.14 bits per heavy atom. The van der Waals surface area contributed by atoms with Crippen molar-refractivity contribution >= 4 is 39.9 Å². The van der Waals surface area contributed by atoms with Crippen LogP contribution in [0.25, 0.3) is 16.6 Å². The zero-order valence-electron chi connectivity index (χ0n) is 19.5. The van der Waals surface area contributed by atoms with Crippen molar-refractivity contribution in [2.75, 3.05) is 23.3 Å². The lowest BCUT2D eigenvalue weighted by Crippen LogP contribution is -2.54. The van der Waals surface area contributed by atoms with Crippen LogP contribution in [0.15, 0.2) is 36.9 Å². The second-order valence-electron chi connectivity index (χ2n) is 9.00. The molecule has 0 radical (unpaired) electrons. The van der Waals surface area contributed by atoms with E-state index in [1.165, 1.54) is 22.9 Å². The number of carbonyl (C=O) groups is 2. The molecule has 0 aliphatic carbocycles. The van der Waals surface area contributed by atoms with Gasteiger partial charge in [-0.2, -0.15) is 0 Å². The number of halogens is 1.